The van der Waals surface area contributed by atoms with Gasteiger partial charge < -0.3 is 9.64 Å². The third-order valence-corrected chi connectivity index (χ3v) is 6.12. The van der Waals surface area contributed by atoms with E-state index in [1.165, 1.54) is 48.0 Å². The van der Waals surface area contributed by atoms with Gasteiger partial charge in [-0.25, -0.2) is 4.39 Å². The molecule has 0 saturated carbocycles. The van der Waals surface area contributed by atoms with Gasteiger partial charge in [-0.15, -0.1) is 0 Å². The second kappa shape index (κ2) is 8.11. The predicted octanol–water partition coefficient (Wildman–Crippen LogP) is 0.718. The molecule has 0 spiro atoms. The predicted molar refractivity (Wildman–Crippen MR) is 92.0 cm³/mol. The molecule has 1 saturated heterocycles. The Hall–Kier alpha value is -1.71. The fourth-order valence-corrected chi connectivity index (χ4v) is 3.90. The molecular formula is C16H24FN3O4S. The molecule has 140 valence electrons. The molecule has 1 amide bonds. The first kappa shape index (κ1) is 19.6. The van der Waals surface area contributed by atoms with Crippen LogP contribution in [0.5, 0.6) is 5.75 Å². The van der Waals surface area contributed by atoms with Crippen molar-refractivity contribution in [3.8, 4) is 5.75 Å². The molecule has 1 heterocycles. The molecule has 7 nitrogen and oxygen atoms in total. The van der Waals surface area contributed by atoms with Crippen molar-refractivity contribution in [1.29, 1.82) is 0 Å². The summed E-state index contributed by atoms with van der Waals surface area (Å²) in [6.45, 7) is 1.39. The average Bonchev–Trinajstić information content (AvgIpc) is 2.81. The Morgan fingerprint density at radius 3 is 2.60 bits per heavy atom. The van der Waals surface area contributed by atoms with Gasteiger partial charge in [0.25, 0.3) is 10.2 Å². The second-order valence-electron chi connectivity index (χ2n) is 6.06. The maximum atomic E-state index is 13.4. The minimum atomic E-state index is -3.49. The van der Waals surface area contributed by atoms with Crippen LogP contribution in [0.1, 0.15) is 12.0 Å². The summed E-state index contributed by atoms with van der Waals surface area (Å²) >= 11 is 0. The van der Waals surface area contributed by atoms with E-state index in [2.05, 4.69) is 0 Å². The zero-order chi connectivity index (χ0) is 18.6. The lowest BCUT2D eigenvalue weighted by molar-refractivity contribution is -0.130. The highest BCUT2D eigenvalue weighted by Gasteiger charge is 2.28. The van der Waals surface area contributed by atoms with Crippen LogP contribution < -0.4 is 4.74 Å². The molecular weight excluding hydrogens is 349 g/mol. The summed E-state index contributed by atoms with van der Waals surface area (Å²) < 4.78 is 45.6. The van der Waals surface area contributed by atoms with Crippen LogP contribution in [0.4, 0.5) is 4.39 Å². The van der Waals surface area contributed by atoms with Gasteiger partial charge in [-0.05, 0) is 24.6 Å². The molecule has 0 aromatic heterocycles. The molecule has 1 fully saturated rings. The third kappa shape index (κ3) is 4.68. The fourth-order valence-electron chi connectivity index (χ4n) is 2.76. The van der Waals surface area contributed by atoms with Gasteiger partial charge in [0.05, 0.1) is 13.5 Å². The maximum Gasteiger partial charge on any atom is 0.281 e. The lowest BCUT2D eigenvalue weighted by Crippen LogP contribution is -2.42. The highest BCUT2D eigenvalue weighted by atomic mass is 32.2. The number of halogens is 1. The quantitative estimate of drug-likeness (QED) is 0.763. The smallest absolute Gasteiger partial charge is 0.281 e. The van der Waals surface area contributed by atoms with E-state index in [9.17, 15) is 17.6 Å². The zero-order valence-electron chi connectivity index (χ0n) is 14.7. The van der Waals surface area contributed by atoms with Gasteiger partial charge >= 0.3 is 0 Å². The number of carbonyl (C=O) groups is 1. The van der Waals surface area contributed by atoms with E-state index < -0.39 is 16.0 Å². The summed E-state index contributed by atoms with van der Waals surface area (Å²) in [5.41, 5.74) is 0.481. The van der Waals surface area contributed by atoms with E-state index in [0.29, 0.717) is 37.4 Å². The van der Waals surface area contributed by atoms with Crippen molar-refractivity contribution in [3.05, 3.63) is 29.6 Å². The molecule has 25 heavy (non-hydrogen) atoms. The average molecular weight is 373 g/mol. The van der Waals surface area contributed by atoms with Crippen molar-refractivity contribution in [2.45, 2.75) is 12.8 Å². The molecule has 0 unspecified atom stereocenters. The molecule has 1 aromatic rings. The zero-order valence-corrected chi connectivity index (χ0v) is 15.6. The first-order valence-corrected chi connectivity index (χ1v) is 9.43. The Kier molecular flexibility index (Phi) is 6.36. The van der Waals surface area contributed by atoms with Crippen LogP contribution in [0, 0.1) is 5.82 Å². The van der Waals surface area contributed by atoms with E-state index in [-0.39, 0.29) is 18.9 Å². The van der Waals surface area contributed by atoms with E-state index >= 15 is 0 Å². The normalized spacial score (nSPS) is 16.8. The molecule has 0 aliphatic carbocycles. The van der Waals surface area contributed by atoms with Gasteiger partial charge in [0, 0.05) is 45.8 Å². The number of ether oxygens (including phenoxy) is 1. The van der Waals surface area contributed by atoms with Crippen molar-refractivity contribution >= 4 is 16.1 Å². The number of amides is 1. The van der Waals surface area contributed by atoms with Gasteiger partial charge in [0.15, 0.2) is 0 Å². The SMILES string of the molecule is COc1ccc(F)cc1CC(=O)N1CCCN(S(=O)(=O)N(C)C)CC1. The van der Waals surface area contributed by atoms with Crippen LogP contribution in [0.25, 0.3) is 0 Å². The lowest BCUT2D eigenvalue weighted by Gasteiger charge is -2.24. The number of benzene rings is 1. The van der Waals surface area contributed by atoms with Gasteiger partial charge in [-0.3, -0.25) is 4.79 Å². The summed E-state index contributed by atoms with van der Waals surface area (Å²) in [4.78, 5) is 14.2. The molecule has 2 rings (SSSR count). The van der Waals surface area contributed by atoms with E-state index in [1.54, 1.807) is 4.90 Å². The van der Waals surface area contributed by atoms with Crippen molar-refractivity contribution in [3.63, 3.8) is 0 Å². The van der Waals surface area contributed by atoms with Crippen LogP contribution in [0.2, 0.25) is 0 Å². The van der Waals surface area contributed by atoms with Crippen LogP contribution in [0.15, 0.2) is 18.2 Å². The van der Waals surface area contributed by atoms with Crippen molar-refractivity contribution in [2.75, 3.05) is 47.4 Å². The second-order valence-corrected chi connectivity index (χ2v) is 8.20. The van der Waals surface area contributed by atoms with Crippen molar-refractivity contribution < 1.29 is 22.3 Å². The van der Waals surface area contributed by atoms with Gasteiger partial charge in [-0.1, -0.05) is 0 Å². The highest BCUT2D eigenvalue weighted by Crippen LogP contribution is 2.21. The third-order valence-electron chi connectivity index (χ3n) is 4.18. The molecule has 0 bridgehead atoms. The Labute approximate surface area is 148 Å². The number of hydrogen-bond donors (Lipinski definition) is 0. The van der Waals surface area contributed by atoms with E-state index in [0.717, 1.165) is 0 Å². The van der Waals surface area contributed by atoms with Gasteiger partial charge in [-0.2, -0.15) is 17.0 Å². The fraction of sp³-hybridized carbons (Fsp3) is 0.562. The first-order chi connectivity index (χ1) is 11.8. The number of methoxy groups -OCH3 is 1. The van der Waals surface area contributed by atoms with Crippen LogP contribution in [-0.4, -0.2) is 75.2 Å². The Balaban J connectivity index is 2.06. The first-order valence-electron chi connectivity index (χ1n) is 8.03. The summed E-state index contributed by atoms with van der Waals surface area (Å²) in [6.07, 6.45) is 0.570. The number of carbonyl (C=O) groups excluding carboxylic acids is 1. The molecule has 1 aromatic carbocycles. The molecule has 9 heteroatoms. The minimum Gasteiger partial charge on any atom is -0.496 e. The standard InChI is InChI=1S/C16H24FN3O4S/c1-18(2)25(22,23)20-8-4-7-19(9-10-20)16(21)12-13-11-14(17)5-6-15(13)24-3/h5-6,11H,4,7-10,12H2,1-3H3. The highest BCUT2D eigenvalue weighted by molar-refractivity contribution is 7.86. The Morgan fingerprint density at radius 1 is 1.24 bits per heavy atom. The van der Waals surface area contributed by atoms with Crippen LogP contribution in [0.3, 0.4) is 0 Å². The summed E-state index contributed by atoms with van der Waals surface area (Å²) in [5, 5.41) is 0. The maximum absolute atomic E-state index is 13.4. The lowest BCUT2D eigenvalue weighted by atomic mass is 10.1. The molecule has 1 aliphatic heterocycles. The molecule has 0 radical (unpaired) electrons. The van der Waals surface area contributed by atoms with Gasteiger partial charge in [0.2, 0.25) is 5.91 Å². The number of nitrogens with zero attached hydrogens (tertiary/aromatic N) is 3. The van der Waals surface area contributed by atoms with Crippen molar-refractivity contribution in [2.24, 2.45) is 0 Å². The van der Waals surface area contributed by atoms with E-state index in [1.807, 2.05) is 0 Å². The van der Waals surface area contributed by atoms with Crippen molar-refractivity contribution in [1.82, 2.24) is 13.5 Å². The monoisotopic (exact) mass is 373 g/mol. The van der Waals surface area contributed by atoms with Crippen LogP contribution >= 0.6 is 0 Å². The van der Waals surface area contributed by atoms with Crippen LogP contribution in [-0.2, 0) is 21.4 Å². The Morgan fingerprint density at radius 2 is 1.96 bits per heavy atom. The Bertz CT molecular complexity index is 724. The number of rotatable bonds is 5. The van der Waals surface area contributed by atoms with E-state index in [4.69, 9.17) is 4.74 Å². The van der Waals surface area contributed by atoms with Gasteiger partial charge in [0.1, 0.15) is 11.6 Å². The topological polar surface area (TPSA) is 70.2 Å². The summed E-state index contributed by atoms with van der Waals surface area (Å²) in [5.74, 6) is -0.142. The summed E-state index contributed by atoms with van der Waals surface area (Å²) in [6, 6.07) is 4.06. The molecule has 0 N–H and O–H groups in total. The minimum absolute atomic E-state index is 0.0152. The number of hydrogen-bond acceptors (Lipinski definition) is 4. The molecule has 1 aliphatic rings. The molecule has 0 atom stereocenters. The largest absolute Gasteiger partial charge is 0.496 e. The summed E-state index contributed by atoms with van der Waals surface area (Å²) in [7, 11) is 0.952.